The van der Waals surface area contributed by atoms with E-state index >= 15 is 0 Å². The summed E-state index contributed by atoms with van der Waals surface area (Å²) in [7, 11) is 0. The van der Waals surface area contributed by atoms with Gasteiger partial charge in [0.05, 0.1) is 0 Å². The molecule has 0 fully saturated rings. The van der Waals surface area contributed by atoms with Crippen LogP contribution in [0.2, 0.25) is 0 Å². The number of amides is 3. The van der Waals surface area contributed by atoms with Gasteiger partial charge in [-0.05, 0) is 32.0 Å². The van der Waals surface area contributed by atoms with Crippen LogP contribution < -0.4 is 15.8 Å². The quantitative estimate of drug-likeness (QED) is 0.571. The molecule has 0 spiro atoms. The van der Waals surface area contributed by atoms with Gasteiger partial charge in [-0.25, -0.2) is 4.79 Å². The highest BCUT2D eigenvalue weighted by Crippen LogP contribution is 2.21. The molecule has 1 aromatic carbocycles. The largest absolute Gasteiger partial charge is 0.422 e. The van der Waals surface area contributed by atoms with E-state index in [1.54, 1.807) is 12.1 Å². The summed E-state index contributed by atoms with van der Waals surface area (Å²) in [6, 6.07) is 6.98. The van der Waals surface area contributed by atoms with Crippen LogP contribution in [0.25, 0.3) is 11.0 Å². The van der Waals surface area contributed by atoms with Crippen molar-refractivity contribution < 1.29 is 18.8 Å². The summed E-state index contributed by atoms with van der Waals surface area (Å²) in [5.41, 5.74) is 0.480. The second kappa shape index (κ2) is 8.08. The van der Waals surface area contributed by atoms with Crippen molar-refractivity contribution in [1.82, 2.24) is 10.2 Å². The molecule has 3 rings (SSSR count). The van der Waals surface area contributed by atoms with Crippen LogP contribution in [-0.4, -0.2) is 48.8 Å². The molecule has 0 saturated carbocycles. The van der Waals surface area contributed by atoms with E-state index in [-0.39, 0.29) is 18.7 Å². The zero-order valence-electron chi connectivity index (χ0n) is 15.7. The molecule has 0 saturated heterocycles. The Bertz CT molecular complexity index is 1000. The lowest BCUT2D eigenvalue weighted by molar-refractivity contribution is -0.136. The Morgan fingerprint density at radius 1 is 1.07 bits per heavy atom. The molecule has 8 heteroatoms. The molecular weight excluding hydrogens is 362 g/mol. The third-order valence-electron chi connectivity index (χ3n) is 4.61. The predicted octanol–water partition coefficient (Wildman–Crippen LogP) is 1.29. The Morgan fingerprint density at radius 2 is 1.75 bits per heavy atom. The maximum Gasteiger partial charge on any atom is 0.349 e. The van der Waals surface area contributed by atoms with E-state index in [1.807, 2.05) is 19.9 Å². The average Bonchev–Trinajstić information content (AvgIpc) is 3.00. The number of hydrogen-bond acceptors (Lipinski definition) is 6. The SMILES string of the molecule is CCN(CC)c1ccc2cc(C(=O)NCCN3C(=O)C=CC3=O)c(=O)oc2c1. The van der Waals surface area contributed by atoms with Gasteiger partial charge >= 0.3 is 5.63 Å². The third kappa shape index (κ3) is 3.80. The van der Waals surface area contributed by atoms with Crippen molar-refractivity contribution >= 4 is 34.4 Å². The molecule has 8 nitrogen and oxygen atoms in total. The van der Waals surface area contributed by atoms with Gasteiger partial charge in [0, 0.05) is 55.5 Å². The summed E-state index contributed by atoms with van der Waals surface area (Å²) in [5, 5.41) is 3.17. The van der Waals surface area contributed by atoms with E-state index in [2.05, 4.69) is 10.2 Å². The molecule has 0 aliphatic carbocycles. The minimum atomic E-state index is -0.739. The fourth-order valence-electron chi connectivity index (χ4n) is 3.07. The minimum Gasteiger partial charge on any atom is -0.422 e. The molecule has 28 heavy (non-hydrogen) atoms. The highest BCUT2D eigenvalue weighted by atomic mass is 16.4. The summed E-state index contributed by atoms with van der Waals surface area (Å²) in [6.45, 7) is 5.79. The van der Waals surface area contributed by atoms with E-state index in [4.69, 9.17) is 4.42 Å². The lowest BCUT2D eigenvalue weighted by atomic mass is 10.1. The zero-order chi connectivity index (χ0) is 20.3. The van der Waals surface area contributed by atoms with Crippen molar-refractivity contribution in [1.29, 1.82) is 0 Å². The molecular formula is C20H21N3O5. The lowest BCUT2D eigenvalue weighted by Gasteiger charge is -2.21. The van der Waals surface area contributed by atoms with Gasteiger partial charge in [0.25, 0.3) is 17.7 Å². The molecule has 0 atom stereocenters. The Labute approximate surface area is 161 Å². The van der Waals surface area contributed by atoms with Gasteiger partial charge < -0.3 is 14.6 Å². The fraction of sp³-hybridized carbons (Fsp3) is 0.300. The van der Waals surface area contributed by atoms with Crippen molar-refractivity contribution in [3.8, 4) is 0 Å². The van der Waals surface area contributed by atoms with Crippen molar-refractivity contribution in [2.24, 2.45) is 0 Å². The van der Waals surface area contributed by atoms with E-state index in [9.17, 15) is 19.2 Å². The highest BCUT2D eigenvalue weighted by Gasteiger charge is 2.23. The fourth-order valence-corrected chi connectivity index (χ4v) is 3.07. The molecule has 1 aromatic heterocycles. The van der Waals surface area contributed by atoms with Crippen LogP contribution in [0.15, 0.2) is 45.6 Å². The van der Waals surface area contributed by atoms with E-state index in [0.717, 1.165) is 23.7 Å². The molecule has 146 valence electrons. The number of benzene rings is 1. The zero-order valence-corrected chi connectivity index (χ0v) is 15.7. The van der Waals surface area contributed by atoms with Gasteiger partial charge in [0.2, 0.25) is 0 Å². The second-order valence-electron chi connectivity index (χ2n) is 6.26. The number of carbonyl (C=O) groups excluding carboxylic acids is 3. The Kier molecular flexibility index (Phi) is 5.58. The number of fused-ring (bicyclic) bond motifs is 1. The van der Waals surface area contributed by atoms with Crippen molar-refractivity contribution in [3.63, 3.8) is 0 Å². The standard InChI is InChI=1S/C20H21N3O5/c1-3-22(4-2)14-6-5-13-11-15(20(27)28-16(13)12-14)19(26)21-9-10-23-17(24)7-8-18(23)25/h5-8,11-12H,3-4,9-10H2,1-2H3,(H,21,26). The summed E-state index contributed by atoms with van der Waals surface area (Å²) in [5.74, 6) is -1.46. The van der Waals surface area contributed by atoms with E-state index in [0.29, 0.717) is 11.0 Å². The van der Waals surface area contributed by atoms with Gasteiger partial charge in [-0.2, -0.15) is 0 Å². The first-order valence-corrected chi connectivity index (χ1v) is 9.09. The van der Waals surface area contributed by atoms with Gasteiger partial charge in [-0.1, -0.05) is 0 Å². The number of imide groups is 1. The van der Waals surface area contributed by atoms with Gasteiger partial charge in [-0.3, -0.25) is 19.3 Å². The Hall–Kier alpha value is -3.42. The van der Waals surface area contributed by atoms with Crippen LogP contribution in [-0.2, 0) is 9.59 Å². The summed E-state index contributed by atoms with van der Waals surface area (Å²) >= 11 is 0. The topological polar surface area (TPSA) is 99.9 Å². The number of rotatable bonds is 7. The normalized spacial score (nSPS) is 13.4. The van der Waals surface area contributed by atoms with Crippen LogP contribution >= 0.6 is 0 Å². The van der Waals surface area contributed by atoms with E-state index < -0.39 is 23.3 Å². The maximum atomic E-state index is 12.3. The van der Waals surface area contributed by atoms with Crippen LogP contribution in [0.3, 0.4) is 0 Å². The summed E-state index contributed by atoms with van der Waals surface area (Å²) in [6.07, 6.45) is 2.35. The smallest absolute Gasteiger partial charge is 0.349 e. The van der Waals surface area contributed by atoms with Gasteiger partial charge in [0.1, 0.15) is 11.1 Å². The minimum absolute atomic E-state index is 0.0303. The molecule has 0 bridgehead atoms. The summed E-state index contributed by atoms with van der Waals surface area (Å²) in [4.78, 5) is 50.7. The molecule has 2 heterocycles. The number of carbonyl (C=O) groups is 3. The monoisotopic (exact) mass is 383 g/mol. The van der Waals surface area contributed by atoms with Crippen LogP contribution in [0.1, 0.15) is 24.2 Å². The number of anilines is 1. The van der Waals surface area contributed by atoms with Gasteiger partial charge in [-0.15, -0.1) is 0 Å². The van der Waals surface area contributed by atoms with Crippen LogP contribution in [0.5, 0.6) is 0 Å². The molecule has 1 aliphatic rings. The van der Waals surface area contributed by atoms with Crippen molar-refractivity contribution in [2.75, 3.05) is 31.1 Å². The molecule has 3 amide bonds. The second-order valence-corrected chi connectivity index (χ2v) is 6.26. The first-order chi connectivity index (χ1) is 13.4. The third-order valence-corrected chi connectivity index (χ3v) is 4.61. The average molecular weight is 383 g/mol. The molecule has 1 N–H and O–H groups in total. The Morgan fingerprint density at radius 3 is 2.39 bits per heavy atom. The first-order valence-electron chi connectivity index (χ1n) is 9.09. The summed E-state index contributed by atoms with van der Waals surface area (Å²) < 4.78 is 5.34. The Balaban J connectivity index is 1.73. The number of nitrogens with zero attached hydrogens (tertiary/aromatic N) is 2. The predicted molar refractivity (Wildman–Crippen MR) is 104 cm³/mol. The highest BCUT2D eigenvalue weighted by molar-refractivity contribution is 6.12. The van der Waals surface area contributed by atoms with Crippen molar-refractivity contribution in [3.05, 3.63) is 52.4 Å². The van der Waals surface area contributed by atoms with Gasteiger partial charge in [0.15, 0.2) is 0 Å². The van der Waals surface area contributed by atoms with E-state index in [1.165, 1.54) is 18.2 Å². The molecule has 0 radical (unpaired) electrons. The molecule has 2 aromatic rings. The first kappa shape index (κ1) is 19.3. The molecule has 0 unspecified atom stereocenters. The maximum absolute atomic E-state index is 12.3. The number of hydrogen-bond donors (Lipinski definition) is 1. The van der Waals surface area contributed by atoms with Crippen molar-refractivity contribution in [2.45, 2.75) is 13.8 Å². The number of nitrogens with one attached hydrogen (secondary N) is 1. The molecule has 1 aliphatic heterocycles. The van der Waals surface area contributed by atoms with Crippen LogP contribution in [0.4, 0.5) is 5.69 Å². The van der Waals surface area contributed by atoms with Crippen LogP contribution in [0, 0.1) is 0 Å². The lowest BCUT2D eigenvalue weighted by Crippen LogP contribution is -2.39.